The molecule has 0 unspecified atom stereocenters. The number of ether oxygens (including phenoxy) is 3. The van der Waals surface area contributed by atoms with Crippen molar-refractivity contribution in [1.82, 2.24) is 0 Å². The first-order chi connectivity index (χ1) is 12.4. The Balaban J connectivity index is 2.17. The highest BCUT2D eigenvalue weighted by Crippen LogP contribution is 2.34. The molecule has 2 rings (SSSR count). The van der Waals surface area contributed by atoms with E-state index in [2.05, 4.69) is 5.32 Å². The van der Waals surface area contributed by atoms with Crippen molar-refractivity contribution >= 4 is 34.2 Å². The molecular formula is C18H19NO6S. The lowest BCUT2D eigenvalue weighted by Gasteiger charge is -2.08. The number of carbonyl (C=O) groups excluding carboxylic acids is 3. The summed E-state index contributed by atoms with van der Waals surface area (Å²) < 4.78 is 14.9. The van der Waals surface area contributed by atoms with E-state index in [1.54, 1.807) is 19.1 Å². The summed E-state index contributed by atoms with van der Waals surface area (Å²) in [7, 11) is 2.47. The Hall–Kier alpha value is -2.87. The van der Waals surface area contributed by atoms with E-state index in [1.807, 2.05) is 19.1 Å². The largest absolute Gasteiger partial charge is 0.484 e. The van der Waals surface area contributed by atoms with E-state index in [1.165, 1.54) is 14.2 Å². The molecule has 0 bridgehead atoms. The summed E-state index contributed by atoms with van der Waals surface area (Å²) in [5, 5.41) is 2.81. The van der Waals surface area contributed by atoms with Crippen molar-refractivity contribution in [2.75, 3.05) is 26.1 Å². The maximum absolute atomic E-state index is 12.2. The number of hydrogen-bond acceptors (Lipinski definition) is 7. The summed E-state index contributed by atoms with van der Waals surface area (Å²) in [5.41, 5.74) is 1.53. The van der Waals surface area contributed by atoms with Crippen LogP contribution < -0.4 is 10.1 Å². The van der Waals surface area contributed by atoms with E-state index in [0.717, 1.165) is 16.9 Å². The molecule has 0 aliphatic carbocycles. The van der Waals surface area contributed by atoms with Gasteiger partial charge < -0.3 is 19.5 Å². The van der Waals surface area contributed by atoms with Gasteiger partial charge in [0.1, 0.15) is 15.6 Å². The van der Waals surface area contributed by atoms with Gasteiger partial charge >= 0.3 is 11.9 Å². The fraction of sp³-hybridized carbons (Fsp3) is 0.278. The highest BCUT2D eigenvalue weighted by Gasteiger charge is 2.26. The van der Waals surface area contributed by atoms with E-state index < -0.39 is 17.8 Å². The molecule has 0 spiro atoms. The topological polar surface area (TPSA) is 90.9 Å². The van der Waals surface area contributed by atoms with Crippen molar-refractivity contribution in [3.63, 3.8) is 0 Å². The van der Waals surface area contributed by atoms with Gasteiger partial charge in [0.05, 0.1) is 19.8 Å². The first-order valence-corrected chi connectivity index (χ1v) is 8.48. The van der Waals surface area contributed by atoms with Gasteiger partial charge in [-0.15, -0.1) is 11.3 Å². The lowest BCUT2D eigenvalue weighted by atomic mass is 10.1. The number of methoxy groups -OCH3 is 2. The van der Waals surface area contributed by atoms with Crippen LogP contribution in [0, 0.1) is 13.8 Å². The van der Waals surface area contributed by atoms with E-state index in [0.29, 0.717) is 11.3 Å². The smallest absolute Gasteiger partial charge is 0.348 e. The van der Waals surface area contributed by atoms with Gasteiger partial charge in [-0.1, -0.05) is 12.1 Å². The summed E-state index contributed by atoms with van der Waals surface area (Å²) >= 11 is 0.952. The molecule has 0 aliphatic heterocycles. The quantitative estimate of drug-likeness (QED) is 0.779. The number of rotatable bonds is 6. The molecule has 2 aromatic rings. The van der Waals surface area contributed by atoms with E-state index in [-0.39, 0.29) is 22.0 Å². The first kappa shape index (κ1) is 19.5. The monoisotopic (exact) mass is 377 g/mol. The van der Waals surface area contributed by atoms with E-state index in [4.69, 9.17) is 14.2 Å². The minimum absolute atomic E-state index is 0.127. The number of amides is 1. The summed E-state index contributed by atoms with van der Waals surface area (Å²) in [6, 6.07) is 7.28. The van der Waals surface area contributed by atoms with Crippen LogP contribution in [-0.2, 0) is 14.3 Å². The third kappa shape index (κ3) is 4.40. The van der Waals surface area contributed by atoms with Gasteiger partial charge in [-0.25, -0.2) is 9.59 Å². The van der Waals surface area contributed by atoms with E-state index in [9.17, 15) is 14.4 Å². The molecule has 0 saturated heterocycles. The predicted molar refractivity (Wildman–Crippen MR) is 97.0 cm³/mol. The molecular weight excluding hydrogens is 358 g/mol. The molecule has 0 radical (unpaired) electrons. The van der Waals surface area contributed by atoms with Crippen LogP contribution in [0.2, 0.25) is 0 Å². The number of carbonyl (C=O) groups is 3. The summed E-state index contributed by atoms with van der Waals surface area (Å²) in [6.45, 7) is 3.26. The minimum Gasteiger partial charge on any atom is -0.484 e. The molecule has 1 aromatic carbocycles. The second kappa shape index (κ2) is 8.48. The highest BCUT2D eigenvalue weighted by molar-refractivity contribution is 7.18. The molecule has 8 heteroatoms. The second-order valence-corrected chi connectivity index (χ2v) is 6.42. The number of thiophene rings is 1. The zero-order chi connectivity index (χ0) is 19.3. The minimum atomic E-state index is -0.649. The molecule has 7 nitrogen and oxygen atoms in total. The van der Waals surface area contributed by atoms with Crippen molar-refractivity contribution in [3.8, 4) is 5.75 Å². The van der Waals surface area contributed by atoms with Crippen LogP contribution in [0.5, 0.6) is 5.75 Å². The van der Waals surface area contributed by atoms with Gasteiger partial charge in [-0.2, -0.15) is 0 Å². The zero-order valence-corrected chi connectivity index (χ0v) is 15.7. The lowest BCUT2D eigenvalue weighted by Crippen LogP contribution is -2.21. The SMILES string of the molecule is COC(=O)c1sc(NC(=O)COc2cccc(C)c2)c(C(=O)OC)c1C. The van der Waals surface area contributed by atoms with E-state index >= 15 is 0 Å². The van der Waals surface area contributed by atoms with Crippen molar-refractivity contribution in [3.05, 3.63) is 45.8 Å². The first-order valence-electron chi connectivity index (χ1n) is 7.66. The summed E-state index contributed by atoms with van der Waals surface area (Å²) in [4.78, 5) is 36.3. The van der Waals surface area contributed by atoms with Crippen molar-refractivity contribution in [2.45, 2.75) is 13.8 Å². The Morgan fingerprint density at radius 2 is 1.77 bits per heavy atom. The normalized spacial score (nSPS) is 10.2. The standard InChI is InChI=1S/C18H19NO6S/c1-10-6-5-7-12(8-10)25-9-13(20)19-16-14(17(21)23-3)11(2)15(26-16)18(22)24-4/h5-8H,9H2,1-4H3,(H,19,20). The fourth-order valence-electron chi connectivity index (χ4n) is 2.25. The summed E-state index contributed by atoms with van der Waals surface area (Å²) in [5.74, 6) is -1.14. The van der Waals surface area contributed by atoms with Gasteiger partial charge in [-0.3, -0.25) is 4.79 Å². The molecule has 0 fully saturated rings. The van der Waals surface area contributed by atoms with Crippen molar-refractivity contribution < 1.29 is 28.6 Å². The second-order valence-electron chi connectivity index (χ2n) is 5.40. The van der Waals surface area contributed by atoms with Crippen LogP contribution in [-0.4, -0.2) is 38.7 Å². The van der Waals surface area contributed by atoms with Gasteiger partial charge in [0.2, 0.25) is 0 Å². The van der Waals surface area contributed by atoms with Crippen molar-refractivity contribution in [1.29, 1.82) is 0 Å². The number of benzene rings is 1. The van der Waals surface area contributed by atoms with Crippen LogP contribution in [0.4, 0.5) is 5.00 Å². The van der Waals surface area contributed by atoms with Crippen molar-refractivity contribution in [2.24, 2.45) is 0 Å². The number of hydrogen-bond donors (Lipinski definition) is 1. The van der Waals surface area contributed by atoms with Crippen LogP contribution in [0.3, 0.4) is 0 Å². The molecule has 138 valence electrons. The number of anilines is 1. The average Bonchev–Trinajstić information content (AvgIpc) is 2.94. The van der Waals surface area contributed by atoms with Crippen LogP contribution in [0.15, 0.2) is 24.3 Å². The van der Waals surface area contributed by atoms with Gasteiger partial charge in [0.25, 0.3) is 5.91 Å². The number of nitrogens with one attached hydrogen (secondary N) is 1. The Morgan fingerprint density at radius 1 is 1.08 bits per heavy atom. The van der Waals surface area contributed by atoms with Gasteiger partial charge in [-0.05, 0) is 37.1 Å². The maximum atomic E-state index is 12.2. The average molecular weight is 377 g/mol. The molecule has 0 aliphatic rings. The molecule has 0 saturated carbocycles. The zero-order valence-electron chi connectivity index (χ0n) is 14.9. The van der Waals surface area contributed by atoms with Crippen LogP contribution in [0.25, 0.3) is 0 Å². The predicted octanol–water partition coefficient (Wildman–Crippen LogP) is 2.96. The highest BCUT2D eigenvalue weighted by atomic mass is 32.1. The number of aryl methyl sites for hydroxylation is 1. The third-order valence-electron chi connectivity index (χ3n) is 3.52. The maximum Gasteiger partial charge on any atom is 0.348 e. The Kier molecular flexibility index (Phi) is 6.35. The lowest BCUT2D eigenvalue weighted by molar-refractivity contribution is -0.118. The Labute approximate surface area is 154 Å². The Morgan fingerprint density at radius 3 is 2.38 bits per heavy atom. The molecule has 1 heterocycles. The molecule has 26 heavy (non-hydrogen) atoms. The van der Waals surface area contributed by atoms with Crippen LogP contribution >= 0.6 is 11.3 Å². The molecule has 1 aromatic heterocycles. The fourth-order valence-corrected chi connectivity index (χ4v) is 3.38. The third-order valence-corrected chi connectivity index (χ3v) is 4.71. The molecule has 1 amide bonds. The van der Waals surface area contributed by atoms with Crippen LogP contribution in [0.1, 0.15) is 31.2 Å². The van der Waals surface area contributed by atoms with Gasteiger partial charge in [0, 0.05) is 0 Å². The Bertz CT molecular complexity index is 842. The summed E-state index contributed by atoms with van der Waals surface area (Å²) in [6.07, 6.45) is 0. The number of esters is 2. The van der Waals surface area contributed by atoms with Gasteiger partial charge in [0.15, 0.2) is 6.61 Å². The molecule has 1 N–H and O–H groups in total. The molecule has 0 atom stereocenters.